The largest absolute Gasteiger partial charge is 0.270 e. The van der Waals surface area contributed by atoms with E-state index in [9.17, 15) is 12.8 Å². The van der Waals surface area contributed by atoms with Crippen molar-refractivity contribution in [3.8, 4) is 0 Å². The van der Waals surface area contributed by atoms with E-state index in [1.54, 1.807) is 31.2 Å². The Hall–Kier alpha value is -1.73. The molecule has 1 aromatic heterocycles. The zero-order chi connectivity index (χ0) is 15.2. The van der Waals surface area contributed by atoms with Crippen molar-refractivity contribution < 1.29 is 12.8 Å². The molecule has 0 saturated carbocycles. The molecule has 7 heteroatoms. The molecule has 0 aliphatic rings. The summed E-state index contributed by atoms with van der Waals surface area (Å²) in [6.45, 7) is 1.62. The van der Waals surface area contributed by atoms with Crippen LogP contribution >= 0.6 is 15.9 Å². The first-order valence-corrected chi connectivity index (χ1v) is 8.29. The minimum absolute atomic E-state index is 0.00449. The van der Waals surface area contributed by atoms with Crippen LogP contribution in [0.15, 0.2) is 51.8 Å². The Morgan fingerprint density at radius 2 is 1.90 bits per heavy atom. The van der Waals surface area contributed by atoms with Crippen molar-refractivity contribution in [2.45, 2.75) is 11.8 Å². The summed E-state index contributed by atoms with van der Waals surface area (Å²) in [4.78, 5) is 4.24. The van der Waals surface area contributed by atoms with Gasteiger partial charge in [-0.15, -0.1) is 0 Å². The lowest BCUT2D eigenvalue weighted by molar-refractivity contribution is 0.585. The zero-order valence-electron chi connectivity index (χ0n) is 10.9. The third-order valence-corrected chi connectivity index (χ3v) is 5.86. The summed E-state index contributed by atoms with van der Waals surface area (Å²) in [5.41, 5.74) is 1.09. The van der Waals surface area contributed by atoms with Gasteiger partial charge in [-0.05, 0) is 53.2 Å². The van der Waals surface area contributed by atoms with E-state index in [1.165, 1.54) is 10.0 Å². The van der Waals surface area contributed by atoms with Crippen LogP contribution in [0.2, 0.25) is 0 Å². The number of hydrogen-bond donors (Lipinski definition) is 0. The second-order valence-corrected chi connectivity index (χ2v) is 7.10. The van der Waals surface area contributed by atoms with E-state index < -0.39 is 15.8 Å². The molecule has 0 unspecified atom stereocenters. The van der Waals surface area contributed by atoms with Crippen molar-refractivity contribution in [2.24, 2.45) is 0 Å². The second-order valence-electron chi connectivity index (χ2n) is 4.49. The average Bonchev–Trinajstić information content (AvgIpc) is 2.74. The number of aryl methyl sites for hydroxylation is 1. The standard InChI is InChI=1S/C14H10BrFN2O2S/c1-9-17-12-4-2-3-5-13(12)18(9)21(19,20)14-7-6-10(16)8-11(14)15/h2-8H,1H3. The van der Waals surface area contributed by atoms with Gasteiger partial charge >= 0.3 is 0 Å². The van der Waals surface area contributed by atoms with Gasteiger partial charge in [0.2, 0.25) is 0 Å². The van der Waals surface area contributed by atoms with E-state index in [0.717, 1.165) is 12.1 Å². The van der Waals surface area contributed by atoms with E-state index >= 15 is 0 Å². The summed E-state index contributed by atoms with van der Waals surface area (Å²) < 4.78 is 40.2. The maximum atomic E-state index is 13.2. The van der Waals surface area contributed by atoms with Crippen molar-refractivity contribution >= 4 is 37.0 Å². The Bertz CT molecular complexity index is 951. The molecule has 21 heavy (non-hydrogen) atoms. The molecule has 108 valence electrons. The highest BCUT2D eigenvalue weighted by Gasteiger charge is 2.24. The van der Waals surface area contributed by atoms with Crippen LogP contribution in [0.25, 0.3) is 11.0 Å². The van der Waals surface area contributed by atoms with Crippen LogP contribution in [0.5, 0.6) is 0 Å². The molecule has 0 fully saturated rings. The molecule has 0 bridgehead atoms. The molecule has 0 aliphatic heterocycles. The molecular weight excluding hydrogens is 359 g/mol. The topological polar surface area (TPSA) is 52.0 Å². The molecule has 0 atom stereocenters. The summed E-state index contributed by atoms with van der Waals surface area (Å²) in [5.74, 6) is -0.152. The van der Waals surface area contributed by atoms with Gasteiger partial charge < -0.3 is 0 Å². The van der Waals surface area contributed by atoms with E-state index in [-0.39, 0.29) is 9.37 Å². The first kappa shape index (κ1) is 14.2. The number of imidazole rings is 1. The van der Waals surface area contributed by atoms with Crippen LogP contribution in [0.1, 0.15) is 5.82 Å². The predicted octanol–water partition coefficient (Wildman–Crippen LogP) is 3.48. The van der Waals surface area contributed by atoms with Crippen molar-refractivity contribution in [3.63, 3.8) is 0 Å². The molecule has 3 aromatic rings. The third-order valence-electron chi connectivity index (χ3n) is 3.09. The molecule has 3 rings (SSSR count). The molecule has 1 heterocycles. The lowest BCUT2D eigenvalue weighted by Gasteiger charge is -2.10. The Morgan fingerprint density at radius 1 is 1.19 bits per heavy atom. The minimum atomic E-state index is -3.86. The van der Waals surface area contributed by atoms with Gasteiger partial charge in [0, 0.05) is 4.47 Å². The van der Waals surface area contributed by atoms with Crippen LogP contribution in [0.3, 0.4) is 0 Å². The van der Waals surface area contributed by atoms with Crippen LogP contribution in [0, 0.1) is 12.7 Å². The van der Waals surface area contributed by atoms with Gasteiger partial charge in [0.25, 0.3) is 10.0 Å². The summed E-state index contributed by atoms with van der Waals surface area (Å²) in [6.07, 6.45) is 0. The monoisotopic (exact) mass is 368 g/mol. The number of benzene rings is 2. The third kappa shape index (κ3) is 2.26. The number of nitrogens with zero attached hydrogens (tertiary/aromatic N) is 2. The fourth-order valence-corrected chi connectivity index (χ4v) is 4.72. The number of halogens is 2. The summed E-state index contributed by atoms with van der Waals surface area (Å²) in [7, 11) is -3.86. The molecule has 0 radical (unpaired) electrons. The molecule has 4 nitrogen and oxygen atoms in total. The zero-order valence-corrected chi connectivity index (χ0v) is 13.3. The lowest BCUT2D eigenvalue weighted by atomic mass is 10.3. The average molecular weight is 369 g/mol. The molecule has 0 spiro atoms. The van der Waals surface area contributed by atoms with Gasteiger partial charge in [-0.3, -0.25) is 0 Å². The highest BCUT2D eigenvalue weighted by Crippen LogP contribution is 2.28. The fraction of sp³-hybridized carbons (Fsp3) is 0.0714. The number of fused-ring (bicyclic) bond motifs is 1. The van der Waals surface area contributed by atoms with Crippen LogP contribution in [-0.4, -0.2) is 17.4 Å². The normalized spacial score (nSPS) is 12.0. The minimum Gasteiger partial charge on any atom is -0.232 e. The molecule has 0 saturated heterocycles. The summed E-state index contributed by atoms with van der Waals surface area (Å²) in [6, 6.07) is 10.4. The molecule has 0 amide bonds. The second kappa shape index (κ2) is 4.92. The molecule has 0 aliphatic carbocycles. The van der Waals surface area contributed by atoms with Gasteiger partial charge in [0.15, 0.2) is 0 Å². The quantitative estimate of drug-likeness (QED) is 0.695. The van der Waals surface area contributed by atoms with E-state index in [1.807, 2.05) is 0 Å². The van der Waals surface area contributed by atoms with Crippen LogP contribution < -0.4 is 0 Å². The SMILES string of the molecule is Cc1nc2ccccc2n1S(=O)(=O)c1ccc(F)cc1Br. The summed E-state index contributed by atoms with van der Waals surface area (Å²) in [5, 5.41) is 0. The van der Waals surface area contributed by atoms with E-state index in [2.05, 4.69) is 20.9 Å². The Morgan fingerprint density at radius 3 is 2.62 bits per heavy atom. The fourth-order valence-electron chi connectivity index (χ4n) is 2.21. The van der Waals surface area contributed by atoms with Crippen molar-refractivity contribution in [3.05, 3.63) is 58.6 Å². The van der Waals surface area contributed by atoms with Crippen molar-refractivity contribution in [2.75, 3.05) is 0 Å². The Labute approximate surface area is 129 Å². The van der Waals surface area contributed by atoms with Crippen molar-refractivity contribution in [1.82, 2.24) is 8.96 Å². The molecular formula is C14H10BrFN2O2S. The first-order chi connectivity index (χ1) is 9.91. The number of hydrogen-bond acceptors (Lipinski definition) is 3. The van der Waals surface area contributed by atoms with Crippen molar-refractivity contribution in [1.29, 1.82) is 0 Å². The number of rotatable bonds is 2. The van der Waals surface area contributed by atoms with Gasteiger partial charge in [-0.2, -0.15) is 0 Å². The maximum absolute atomic E-state index is 13.2. The van der Waals surface area contributed by atoms with Gasteiger partial charge in [-0.1, -0.05) is 12.1 Å². The summed E-state index contributed by atoms with van der Waals surface area (Å²) >= 11 is 3.10. The highest BCUT2D eigenvalue weighted by molar-refractivity contribution is 9.10. The maximum Gasteiger partial charge on any atom is 0.270 e. The Balaban J connectivity index is 2.33. The first-order valence-electron chi connectivity index (χ1n) is 6.06. The number of para-hydroxylation sites is 2. The van der Waals surface area contributed by atoms with E-state index in [0.29, 0.717) is 16.9 Å². The molecule has 2 aromatic carbocycles. The lowest BCUT2D eigenvalue weighted by Crippen LogP contribution is -2.15. The highest BCUT2D eigenvalue weighted by atomic mass is 79.9. The van der Waals surface area contributed by atoms with Crippen LogP contribution in [0.4, 0.5) is 4.39 Å². The predicted molar refractivity (Wildman–Crippen MR) is 81.2 cm³/mol. The van der Waals surface area contributed by atoms with Gasteiger partial charge in [-0.25, -0.2) is 21.8 Å². The number of aromatic nitrogens is 2. The smallest absolute Gasteiger partial charge is 0.232 e. The Kier molecular flexibility index (Phi) is 3.33. The van der Waals surface area contributed by atoms with Gasteiger partial charge in [0.1, 0.15) is 16.5 Å². The molecule has 0 N–H and O–H groups in total. The van der Waals surface area contributed by atoms with E-state index in [4.69, 9.17) is 0 Å². The van der Waals surface area contributed by atoms with Gasteiger partial charge in [0.05, 0.1) is 11.0 Å². The van der Waals surface area contributed by atoms with Crippen LogP contribution in [-0.2, 0) is 10.0 Å².